The van der Waals surface area contributed by atoms with Gasteiger partial charge in [0.15, 0.2) is 0 Å². The van der Waals surface area contributed by atoms with Gasteiger partial charge in [0.25, 0.3) is 11.1 Å². The predicted molar refractivity (Wildman–Crippen MR) is 115 cm³/mol. The van der Waals surface area contributed by atoms with E-state index in [4.69, 9.17) is 16.3 Å². The van der Waals surface area contributed by atoms with Crippen LogP contribution < -0.4 is 15.5 Å². The van der Waals surface area contributed by atoms with E-state index < -0.39 is 17.6 Å². The Morgan fingerprint density at radius 1 is 1.41 bits per heavy atom. The molecular weight excluding hydrogens is 414 g/mol. The first-order chi connectivity index (χ1) is 13.6. The van der Waals surface area contributed by atoms with E-state index in [1.54, 1.807) is 12.1 Å². The zero-order valence-corrected chi connectivity index (χ0v) is 18.2. The number of halogens is 1. The standard InChI is InChI=1S/C20H24ClN3O4S/c1-20(2,3)28-18(26)22-10-12-7-8-24(11-12)16-13(5-4-6-14(16)21)9-15-17(25)23-19(27)29-15/h4-6,9,12H,7-8,10-11H2,1-3H3,(H,22,26)(H,23,25,27). The molecule has 2 fully saturated rings. The maximum absolute atomic E-state index is 11.9. The highest BCUT2D eigenvalue weighted by atomic mass is 35.5. The number of hydrogen-bond donors (Lipinski definition) is 2. The van der Waals surface area contributed by atoms with E-state index in [1.807, 2.05) is 32.9 Å². The fourth-order valence-corrected chi connectivity index (χ4v) is 4.26. The van der Waals surface area contributed by atoms with Crippen molar-refractivity contribution >= 4 is 52.4 Å². The Balaban J connectivity index is 1.69. The van der Waals surface area contributed by atoms with Crippen LogP contribution in [0.2, 0.25) is 5.02 Å². The van der Waals surface area contributed by atoms with Gasteiger partial charge in [-0.3, -0.25) is 14.9 Å². The maximum Gasteiger partial charge on any atom is 0.407 e. The van der Waals surface area contributed by atoms with Gasteiger partial charge >= 0.3 is 6.09 Å². The normalized spacial score (nSPS) is 20.9. The number of imide groups is 1. The lowest BCUT2D eigenvalue weighted by atomic mass is 10.1. The number of ether oxygens (including phenoxy) is 1. The minimum atomic E-state index is -0.530. The molecule has 29 heavy (non-hydrogen) atoms. The number of carbonyl (C=O) groups is 3. The molecule has 0 spiro atoms. The monoisotopic (exact) mass is 437 g/mol. The largest absolute Gasteiger partial charge is 0.444 e. The number of para-hydroxylation sites is 1. The summed E-state index contributed by atoms with van der Waals surface area (Å²) in [5, 5.41) is 5.29. The summed E-state index contributed by atoms with van der Waals surface area (Å²) in [6, 6.07) is 5.49. The van der Waals surface area contributed by atoms with Gasteiger partial charge in [0, 0.05) is 25.2 Å². The highest BCUT2D eigenvalue weighted by molar-refractivity contribution is 8.18. The first-order valence-corrected chi connectivity index (χ1v) is 10.6. The van der Waals surface area contributed by atoms with E-state index >= 15 is 0 Å². The fourth-order valence-electron chi connectivity index (χ4n) is 3.29. The molecule has 0 bridgehead atoms. The van der Waals surface area contributed by atoms with E-state index in [9.17, 15) is 14.4 Å². The van der Waals surface area contributed by atoms with Gasteiger partial charge in [0.05, 0.1) is 15.6 Å². The molecule has 3 amide bonds. The van der Waals surface area contributed by atoms with Crippen LogP contribution in [0.3, 0.4) is 0 Å². The highest BCUT2D eigenvalue weighted by Crippen LogP contribution is 2.36. The number of thioether (sulfide) groups is 1. The Bertz CT molecular complexity index is 866. The number of hydrogen-bond acceptors (Lipinski definition) is 6. The molecule has 1 atom stereocenters. The molecule has 1 unspecified atom stereocenters. The third-order valence-corrected chi connectivity index (χ3v) is 5.60. The van der Waals surface area contributed by atoms with Crippen molar-refractivity contribution in [2.45, 2.75) is 32.8 Å². The molecule has 156 valence electrons. The van der Waals surface area contributed by atoms with Gasteiger partial charge in [-0.05, 0) is 57.0 Å². The summed E-state index contributed by atoms with van der Waals surface area (Å²) in [6.07, 6.45) is 2.16. The number of benzene rings is 1. The Labute approximate surface area is 179 Å². The number of nitrogens with zero attached hydrogens (tertiary/aromatic N) is 1. The smallest absolute Gasteiger partial charge is 0.407 e. The molecule has 0 radical (unpaired) electrons. The number of alkyl carbamates (subject to hydrolysis) is 1. The second-order valence-electron chi connectivity index (χ2n) is 8.01. The van der Waals surface area contributed by atoms with Crippen LogP contribution in [0.25, 0.3) is 6.08 Å². The predicted octanol–water partition coefficient (Wildman–Crippen LogP) is 4.01. The van der Waals surface area contributed by atoms with Crippen molar-refractivity contribution in [2.75, 3.05) is 24.5 Å². The summed E-state index contributed by atoms with van der Waals surface area (Å²) in [6.45, 7) is 7.49. The first-order valence-electron chi connectivity index (χ1n) is 9.37. The molecule has 2 N–H and O–H groups in total. The number of amides is 3. The van der Waals surface area contributed by atoms with Crippen molar-refractivity contribution in [2.24, 2.45) is 5.92 Å². The van der Waals surface area contributed by atoms with Gasteiger partial charge in [-0.25, -0.2) is 4.79 Å². The van der Waals surface area contributed by atoms with Crippen LogP contribution in [0.5, 0.6) is 0 Å². The van der Waals surface area contributed by atoms with Crippen molar-refractivity contribution in [1.82, 2.24) is 10.6 Å². The summed E-state index contributed by atoms with van der Waals surface area (Å²) in [5.41, 5.74) is 1.08. The van der Waals surface area contributed by atoms with Gasteiger partial charge in [0.2, 0.25) is 0 Å². The topological polar surface area (TPSA) is 87.7 Å². The third-order valence-electron chi connectivity index (χ3n) is 4.48. The number of rotatable bonds is 4. The van der Waals surface area contributed by atoms with Crippen molar-refractivity contribution in [3.8, 4) is 0 Å². The summed E-state index contributed by atoms with van der Waals surface area (Å²) >= 11 is 7.35. The molecule has 0 saturated carbocycles. The van der Waals surface area contributed by atoms with Gasteiger partial charge < -0.3 is 15.0 Å². The third kappa shape index (κ3) is 5.67. The summed E-state index contributed by atoms with van der Waals surface area (Å²) < 4.78 is 5.28. The van der Waals surface area contributed by atoms with Crippen LogP contribution in [0.4, 0.5) is 15.3 Å². The molecule has 2 aliphatic heterocycles. The molecule has 1 aromatic carbocycles. The van der Waals surface area contributed by atoms with Crippen LogP contribution in [-0.4, -0.2) is 42.5 Å². The van der Waals surface area contributed by atoms with Gasteiger partial charge in [-0.15, -0.1) is 0 Å². The Kier molecular flexibility index (Phi) is 6.43. The van der Waals surface area contributed by atoms with Crippen LogP contribution in [0, 0.1) is 5.92 Å². The highest BCUT2D eigenvalue weighted by Gasteiger charge is 2.29. The van der Waals surface area contributed by atoms with Crippen LogP contribution in [-0.2, 0) is 9.53 Å². The lowest BCUT2D eigenvalue weighted by molar-refractivity contribution is -0.115. The molecule has 9 heteroatoms. The first kappa shape index (κ1) is 21.5. The van der Waals surface area contributed by atoms with Gasteiger partial charge in [-0.2, -0.15) is 0 Å². The van der Waals surface area contributed by atoms with E-state index in [-0.39, 0.29) is 11.2 Å². The molecule has 0 aliphatic carbocycles. The molecule has 1 aromatic rings. The van der Waals surface area contributed by atoms with Crippen molar-refractivity contribution in [1.29, 1.82) is 0 Å². The second-order valence-corrected chi connectivity index (χ2v) is 9.44. The minimum Gasteiger partial charge on any atom is -0.444 e. The molecule has 0 aromatic heterocycles. The van der Waals surface area contributed by atoms with Crippen LogP contribution in [0.1, 0.15) is 32.8 Å². The van der Waals surface area contributed by atoms with Gasteiger partial charge in [0.1, 0.15) is 5.60 Å². The summed E-state index contributed by atoms with van der Waals surface area (Å²) in [7, 11) is 0. The zero-order chi connectivity index (χ0) is 21.2. The Hall–Kier alpha value is -2.19. The SMILES string of the molecule is CC(C)(C)OC(=O)NCC1CCN(c2c(Cl)cccc2C=C2SC(=O)NC2=O)C1. The number of anilines is 1. The fraction of sp³-hybridized carbons (Fsp3) is 0.450. The maximum atomic E-state index is 11.9. The van der Waals surface area contributed by atoms with E-state index in [0.29, 0.717) is 23.0 Å². The van der Waals surface area contributed by atoms with E-state index in [1.165, 1.54) is 0 Å². The lowest BCUT2D eigenvalue weighted by Gasteiger charge is -2.23. The molecule has 2 heterocycles. The number of carbonyl (C=O) groups excluding carboxylic acids is 3. The second kappa shape index (κ2) is 8.67. The van der Waals surface area contributed by atoms with Gasteiger partial charge in [-0.1, -0.05) is 23.7 Å². The van der Waals surface area contributed by atoms with Crippen molar-refractivity contribution in [3.63, 3.8) is 0 Å². The van der Waals surface area contributed by atoms with Crippen molar-refractivity contribution in [3.05, 3.63) is 33.7 Å². The Morgan fingerprint density at radius 2 is 2.17 bits per heavy atom. The van der Waals surface area contributed by atoms with Crippen molar-refractivity contribution < 1.29 is 19.1 Å². The number of nitrogens with one attached hydrogen (secondary N) is 2. The minimum absolute atomic E-state index is 0.255. The van der Waals surface area contributed by atoms with E-state index in [0.717, 1.165) is 36.0 Å². The summed E-state index contributed by atoms with van der Waals surface area (Å²) in [4.78, 5) is 37.7. The zero-order valence-electron chi connectivity index (χ0n) is 16.6. The van der Waals surface area contributed by atoms with E-state index in [2.05, 4.69) is 15.5 Å². The summed E-state index contributed by atoms with van der Waals surface area (Å²) in [5.74, 6) is -0.142. The average Bonchev–Trinajstić information content (AvgIpc) is 3.18. The molecule has 3 rings (SSSR count). The Morgan fingerprint density at radius 3 is 2.83 bits per heavy atom. The lowest BCUT2D eigenvalue weighted by Crippen LogP contribution is -2.36. The quantitative estimate of drug-likeness (QED) is 0.692. The average molecular weight is 438 g/mol. The van der Waals surface area contributed by atoms with Crippen LogP contribution >= 0.6 is 23.4 Å². The molecule has 2 saturated heterocycles. The van der Waals surface area contributed by atoms with Crippen LogP contribution in [0.15, 0.2) is 23.1 Å². The molecule has 7 nitrogen and oxygen atoms in total. The molecule has 2 aliphatic rings. The molecular formula is C20H24ClN3O4S.